The Morgan fingerprint density at radius 2 is 1.47 bits per heavy atom. The second-order valence-corrected chi connectivity index (χ2v) is 8.83. The van der Waals surface area contributed by atoms with Crippen LogP contribution in [-0.2, 0) is 25.5 Å². The number of nitriles is 1. The van der Waals surface area contributed by atoms with Crippen LogP contribution in [0.15, 0.2) is 29.2 Å². The Balaban J connectivity index is 0.00000316. The minimum absolute atomic E-state index is 0.182. The molecule has 1 fully saturated rings. The van der Waals surface area contributed by atoms with Crippen LogP contribution in [0.3, 0.4) is 0 Å². The number of hydrogen-bond donors (Lipinski definition) is 3. The number of thioether (sulfide) groups is 1. The SMILES string of the molecule is CC.N#CSc1ccc(CC2CN(CC(=O)O)CCOCCN(CC(=O)O)CCN2CC(=O)O)cc1. The molecule has 0 amide bonds. The zero-order chi connectivity index (χ0) is 26.9. The van der Waals surface area contributed by atoms with Crippen molar-refractivity contribution in [3.05, 3.63) is 29.8 Å². The third-order valence-electron chi connectivity index (χ3n) is 5.41. The van der Waals surface area contributed by atoms with E-state index < -0.39 is 17.9 Å². The maximum absolute atomic E-state index is 11.7. The second kappa shape index (κ2) is 17.7. The van der Waals surface area contributed by atoms with Gasteiger partial charge in [0.05, 0.1) is 32.8 Å². The minimum Gasteiger partial charge on any atom is -0.480 e. The molecule has 1 aromatic rings. The van der Waals surface area contributed by atoms with Gasteiger partial charge in [0.2, 0.25) is 0 Å². The number of nitrogens with zero attached hydrogens (tertiary/aromatic N) is 4. The Kier molecular flexibility index (Phi) is 15.4. The van der Waals surface area contributed by atoms with E-state index in [1.165, 1.54) is 0 Å². The summed E-state index contributed by atoms with van der Waals surface area (Å²) in [5, 5.41) is 39.0. The molecular formula is C24H36N4O7S. The molecule has 0 spiro atoms. The molecule has 0 bridgehead atoms. The number of hydrogen-bond acceptors (Lipinski definition) is 9. The van der Waals surface area contributed by atoms with Crippen molar-refractivity contribution in [3.63, 3.8) is 0 Å². The number of rotatable bonds is 9. The van der Waals surface area contributed by atoms with Crippen LogP contribution in [0, 0.1) is 10.7 Å². The Morgan fingerprint density at radius 1 is 0.917 bits per heavy atom. The first-order valence-corrected chi connectivity index (χ1v) is 12.6. The summed E-state index contributed by atoms with van der Waals surface area (Å²) in [4.78, 5) is 40.4. The Hall–Kier alpha value is -2.69. The highest BCUT2D eigenvalue weighted by atomic mass is 32.2. The number of thiocyanates is 1. The molecule has 11 nitrogen and oxygen atoms in total. The minimum atomic E-state index is -1.02. The lowest BCUT2D eigenvalue weighted by Gasteiger charge is -2.36. The van der Waals surface area contributed by atoms with Gasteiger partial charge in [0, 0.05) is 43.7 Å². The predicted molar refractivity (Wildman–Crippen MR) is 135 cm³/mol. The maximum Gasteiger partial charge on any atom is 0.317 e. The zero-order valence-electron chi connectivity index (χ0n) is 20.8. The van der Waals surface area contributed by atoms with E-state index in [2.05, 4.69) is 0 Å². The molecule has 3 N–H and O–H groups in total. The number of ether oxygens (including phenoxy) is 1. The van der Waals surface area contributed by atoms with E-state index in [4.69, 9.17) is 10.00 Å². The van der Waals surface area contributed by atoms with E-state index in [1.54, 1.807) is 14.7 Å². The molecule has 1 heterocycles. The third-order valence-corrected chi connectivity index (χ3v) is 6.01. The van der Waals surface area contributed by atoms with Gasteiger partial charge in [-0.25, -0.2) is 0 Å². The molecule has 1 aliphatic rings. The Bertz CT molecular complexity index is 863. The summed E-state index contributed by atoms with van der Waals surface area (Å²) >= 11 is 1.04. The van der Waals surface area contributed by atoms with Gasteiger partial charge in [-0.15, -0.1) is 0 Å². The number of aliphatic carboxylic acids is 3. The number of carboxylic acids is 3. The van der Waals surface area contributed by atoms with Gasteiger partial charge in [-0.3, -0.25) is 29.1 Å². The van der Waals surface area contributed by atoms with Gasteiger partial charge in [-0.2, -0.15) is 5.26 Å². The van der Waals surface area contributed by atoms with E-state index in [0.717, 1.165) is 22.2 Å². The highest BCUT2D eigenvalue weighted by molar-refractivity contribution is 8.03. The summed E-state index contributed by atoms with van der Waals surface area (Å²) in [6.07, 6.45) is 0.459. The van der Waals surface area contributed by atoms with Gasteiger partial charge < -0.3 is 20.1 Å². The first kappa shape index (κ1) is 31.3. The fraction of sp³-hybridized carbons (Fsp3) is 0.583. The predicted octanol–water partition coefficient (Wildman–Crippen LogP) is 1.39. The van der Waals surface area contributed by atoms with Crippen molar-refractivity contribution in [2.24, 2.45) is 0 Å². The first-order chi connectivity index (χ1) is 17.3. The molecule has 1 saturated heterocycles. The van der Waals surface area contributed by atoms with Gasteiger partial charge in [0.25, 0.3) is 0 Å². The highest BCUT2D eigenvalue weighted by Gasteiger charge is 2.26. The smallest absolute Gasteiger partial charge is 0.317 e. The van der Waals surface area contributed by atoms with E-state index >= 15 is 0 Å². The van der Waals surface area contributed by atoms with Crippen LogP contribution in [-0.4, -0.2) is 120 Å². The first-order valence-electron chi connectivity index (χ1n) is 11.8. The van der Waals surface area contributed by atoms with Crippen molar-refractivity contribution >= 4 is 29.7 Å². The Morgan fingerprint density at radius 3 is 2.03 bits per heavy atom. The largest absolute Gasteiger partial charge is 0.480 e. The van der Waals surface area contributed by atoms with E-state index in [0.29, 0.717) is 45.8 Å². The summed E-state index contributed by atoms with van der Waals surface area (Å²) in [6.45, 7) is 5.58. The second-order valence-electron chi connectivity index (χ2n) is 7.97. The van der Waals surface area contributed by atoms with Crippen molar-refractivity contribution in [2.75, 3.05) is 65.6 Å². The van der Waals surface area contributed by atoms with Crippen LogP contribution in [0.5, 0.6) is 0 Å². The quantitative estimate of drug-likeness (QED) is 0.316. The van der Waals surface area contributed by atoms with E-state index in [-0.39, 0.29) is 32.3 Å². The molecule has 1 aromatic carbocycles. The lowest BCUT2D eigenvalue weighted by molar-refractivity contribution is -0.141. The van der Waals surface area contributed by atoms with Crippen molar-refractivity contribution < 1.29 is 34.4 Å². The average molecular weight is 525 g/mol. The van der Waals surface area contributed by atoms with Crippen molar-refractivity contribution in [3.8, 4) is 5.40 Å². The van der Waals surface area contributed by atoms with Gasteiger partial charge in [-0.05, 0) is 35.9 Å². The zero-order valence-corrected chi connectivity index (χ0v) is 21.7. The molecule has 0 aromatic heterocycles. The number of carboxylic acid groups (broad SMARTS) is 3. The summed E-state index contributed by atoms with van der Waals surface area (Å²) < 4.78 is 5.61. The van der Waals surface area contributed by atoms with Gasteiger partial charge >= 0.3 is 17.9 Å². The van der Waals surface area contributed by atoms with Crippen LogP contribution >= 0.6 is 11.8 Å². The van der Waals surface area contributed by atoms with E-state index in [1.807, 2.05) is 43.5 Å². The summed E-state index contributed by atoms with van der Waals surface area (Å²) in [6, 6.07) is 7.04. The molecule has 0 saturated carbocycles. The molecule has 1 atom stereocenters. The van der Waals surface area contributed by atoms with Crippen molar-refractivity contribution in [1.82, 2.24) is 14.7 Å². The third kappa shape index (κ3) is 12.9. The molecular weight excluding hydrogens is 488 g/mol. The average Bonchev–Trinajstić information content (AvgIpc) is 2.81. The molecule has 0 radical (unpaired) electrons. The summed E-state index contributed by atoms with van der Waals surface area (Å²) in [7, 11) is 0. The number of benzene rings is 1. The monoisotopic (exact) mass is 524 g/mol. The van der Waals surface area contributed by atoms with Crippen LogP contribution in [0.25, 0.3) is 0 Å². The fourth-order valence-corrected chi connectivity index (χ4v) is 4.21. The molecule has 2 rings (SSSR count). The summed E-state index contributed by atoms with van der Waals surface area (Å²) in [5.74, 6) is -2.98. The van der Waals surface area contributed by atoms with E-state index in [9.17, 15) is 29.7 Å². The Labute approximate surface area is 216 Å². The molecule has 200 valence electrons. The fourth-order valence-electron chi connectivity index (χ4n) is 3.84. The van der Waals surface area contributed by atoms with Crippen LogP contribution in [0.4, 0.5) is 0 Å². The van der Waals surface area contributed by atoms with Crippen molar-refractivity contribution in [1.29, 1.82) is 5.26 Å². The molecule has 36 heavy (non-hydrogen) atoms. The van der Waals surface area contributed by atoms with Gasteiger partial charge in [0.15, 0.2) is 0 Å². The highest BCUT2D eigenvalue weighted by Crippen LogP contribution is 2.19. The molecule has 12 heteroatoms. The van der Waals surface area contributed by atoms with Crippen LogP contribution < -0.4 is 0 Å². The van der Waals surface area contributed by atoms with Crippen molar-refractivity contribution in [2.45, 2.75) is 31.2 Å². The normalized spacial score (nSPS) is 18.5. The summed E-state index contributed by atoms with van der Waals surface area (Å²) in [5.41, 5.74) is 0.920. The number of carbonyl (C=O) groups is 3. The lowest BCUT2D eigenvalue weighted by Crippen LogP contribution is -2.52. The molecule has 0 aliphatic carbocycles. The van der Waals surface area contributed by atoms with Crippen LogP contribution in [0.2, 0.25) is 0 Å². The lowest BCUT2D eigenvalue weighted by atomic mass is 10.0. The standard InChI is InChI=1S/C22H30N4O7S.C2H6/c23-16-34-19-3-1-17(2-4-19)11-18-12-25(14-21(29)30)8-10-33-9-7-24(13-20(27)28)5-6-26(18)15-22(31)32;1-2/h1-4,18H,5-15H2,(H,27,28)(H,29,30)(H,31,32);1-2H3. The maximum atomic E-state index is 11.7. The molecule has 1 aliphatic heterocycles. The van der Waals surface area contributed by atoms with Crippen LogP contribution in [0.1, 0.15) is 19.4 Å². The van der Waals surface area contributed by atoms with Gasteiger partial charge in [-0.1, -0.05) is 26.0 Å². The topological polar surface area (TPSA) is 155 Å². The molecule has 1 unspecified atom stereocenters. The van der Waals surface area contributed by atoms with Gasteiger partial charge in [0.1, 0.15) is 5.40 Å².